The molecule has 1 fully saturated rings. The Morgan fingerprint density at radius 3 is 2.50 bits per heavy atom. The minimum Gasteiger partial charge on any atom is -0.351 e. The highest BCUT2D eigenvalue weighted by Gasteiger charge is 2.16. The molecular weight excluding hydrogens is 196 g/mol. The molecule has 14 heavy (non-hydrogen) atoms. The van der Waals surface area contributed by atoms with Crippen LogP contribution < -0.4 is 5.32 Å². The number of carbonyl (C=O) groups excluding carboxylic acids is 1. The van der Waals surface area contributed by atoms with E-state index in [0.717, 1.165) is 6.54 Å². The van der Waals surface area contributed by atoms with Crippen LogP contribution in [-0.4, -0.2) is 41.7 Å². The quantitative estimate of drug-likeness (QED) is 0.685. The molecule has 82 valence electrons. The summed E-state index contributed by atoms with van der Waals surface area (Å²) < 4.78 is 0. The van der Waals surface area contributed by atoms with Gasteiger partial charge < -0.3 is 10.2 Å². The molecule has 1 saturated heterocycles. The van der Waals surface area contributed by atoms with Crippen molar-refractivity contribution >= 4 is 18.5 Å². The van der Waals surface area contributed by atoms with E-state index in [1.54, 1.807) is 6.92 Å². The maximum absolute atomic E-state index is 11.3. The summed E-state index contributed by atoms with van der Waals surface area (Å²) in [5.74, 6) is 0.0278. The third kappa shape index (κ3) is 3.88. The summed E-state index contributed by atoms with van der Waals surface area (Å²) in [7, 11) is 0. The third-order valence-corrected chi connectivity index (χ3v) is 2.73. The summed E-state index contributed by atoms with van der Waals surface area (Å²) in [6.07, 6.45) is 2.59. The molecule has 2 atom stereocenters. The zero-order valence-electron chi connectivity index (χ0n) is 8.99. The Morgan fingerprint density at radius 2 is 2.00 bits per heavy atom. The lowest BCUT2D eigenvalue weighted by Gasteiger charge is -2.21. The second kappa shape index (κ2) is 5.61. The smallest absolute Gasteiger partial charge is 0.232 e. The first kappa shape index (κ1) is 11.9. The number of hydrogen-bond donors (Lipinski definition) is 2. The molecule has 0 aromatic heterocycles. The number of thiol groups is 1. The largest absolute Gasteiger partial charge is 0.351 e. The van der Waals surface area contributed by atoms with Crippen molar-refractivity contribution in [2.75, 3.05) is 19.6 Å². The molecule has 1 rings (SSSR count). The van der Waals surface area contributed by atoms with Gasteiger partial charge >= 0.3 is 0 Å². The minimum atomic E-state index is -0.212. The molecule has 0 aromatic carbocycles. The van der Waals surface area contributed by atoms with Gasteiger partial charge in [0.15, 0.2) is 0 Å². The Kier molecular flexibility index (Phi) is 4.75. The molecule has 1 amide bonds. The summed E-state index contributed by atoms with van der Waals surface area (Å²) in [4.78, 5) is 13.7. The summed E-state index contributed by atoms with van der Waals surface area (Å²) in [6, 6.07) is 0.232. The predicted octanol–water partition coefficient (Wildman–Crippen LogP) is 0.905. The average molecular weight is 216 g/mol. The monoisotopic (exact) mass is 216 g/mol. The fourth-order valence-electron chi connectivity index (χ4n) is 1.76. The Hall–Kier alpha value is -0.220. The lowest BCUT2D eigenvalue weighted by Crippen LogP contribution is -2.43. The summed E-state index contributed by atoms with van der Waals surface area (Å²) in [5, 5.41) is 2.74. The molecule has 1 heterocycles. The Balaban J connectivity index is 2.20. The van der Waals surface area contributed by atoms with E-state index in [9.17, 15) is 4.79 Å². The van der Waals surface area contributed by atoms with Crippen LogP contribution in [0.15, 0.2) is 0 Å². The number of nitrogens with zero attached hydrogens (tertiary/aromatic N) is 1. The van der Waals surface area contributed by atoms with Crippen molar-refractivity contribution in [3.8, 4) is 0 Å². The Bertz CT molecular complexity index is 191. The summed E-state index contributed by atoms with van der Waals surface area (Å²) in [5.41, 5.74) is 0. The van der Waals surface area contributed by atoms with E-state index in [4.69, 9.17) is 0 Å². The fourth-order valence-corrected chi connectivity index (χ4v) is 1.84. The van der Waals surface area contributed by atoms with E-state index >= 15 is 0 Å². The van der Waals surface area contributed by atoms with Crippen LogP contribution in [0.4, 0.5) is 0 Å². The van der Waals surface area contributed by atoms with E-state index in [1.807, 2.05) is 6.92 Å². The number of amides is 1. The van der Waals surface area contributed by atoms with Crippen molar-refractivity contribution < 1.29 is 4.79 Å². The topological polar surface area (TPSA) is 32.3 Å². The van der Waals surface area contributed by atoms with Gasteiger partial charge in [0.05, 0.1) is 5.25 Å². The van der Waals surface area contributed by atoms with E-state index < -0.39 is 0 Å². The van der Waals surface area contributed by atoms with E-state index in [2.05, 4.69) is 22.8 Å². The lowest BCUT2D eigenvalue weighted by atomic mass is 10.3. The molecule has 2 unspecified atom stereocenters. The van der Waals surface area contributed by atoms with Gasteiger partial charge in [-0.15, -0.1) is 0 Å². The predicted molar refractivity (Wildman–Crippen MR) is 61.7 cm³/mol. The van der Waals surface area contributed by atoms with Gasteiger partial charge in [0.25, 0.3) is 0 Å². The van der Waals surface area contributed by atoms with Crippen molar-refractivity contribution in [3.05, 3.63) is 0 Å². The van der Waals surface area contributed by atoms with Gasteiger partial charge in [0, 0.05) is 12.6 Å². The van der Waals surface area contributed by atoms with Crippen LogP contribution in [0.25, 0.3) is 0 Å². The van der Waals surface area contributed by atoms with Gasteiger partial charge in [0.1, 0.15) is 0 Å². The van der Waals surface area contributed by atoms with Gasteiger partial charge in [0.2, 0.25) is 5.91 Å². The first-order valence-electron chi connectivity index (χ1n) is 5.30. The van der Waals surface area contributed by atoms with Gasteiger partial charge in [-0.1, -0.05) is 0 Å². The minimum absolute atomic E-state index is 0.0278. The van der Waals surface area contributed by atoms with Crippen molar-refractivity contribution in [1.29, 1.82) is 0 Å². The second-order valence-electron chi connectivity index (χ2n) is 4.09. The second-order valence-corrected chi connectivity index (χ2v) is 4.87. The maximum atomic E-state index is 11.3. The zero-order chi connectivity index (χ0) is 10.6. The molecular formula is C10H20N2OS. The van der Waals surface area contributed by atoms with Crippen molar-refractivity contribution in [2.24, 2.45) is 0 Å². The molecule has 4 heteroatoms. The van der Waals surface area contributed by atoms with Gasteiger partial charge in [-0.3, -0.25) is 4.79 Å². The highest BCUT2D eigenvalue weighted by molar-refractivity contribution is 7.81. The molecule has 0 aromatic rings. The summed E-state index contributed by atoms with van der Waals surface area (Å²) in [6.45, 7) is 7.16. The number of rotatable bonds is 4. The molecule has 0 bridgehead atoms. The molecule has 0 spiro atoms. The van der Waals surface area contributed by atoms with Crippen LogP contribution in [0.5, 0.6) is 0 Å². The molecule has 1 N–H and O–H groups in total. The first-order valence-corrected chi connectivity index (χ1v) is 5.82. The van der Waals surface area contributed by atoms with Crippen LogP contribution in [0.1, 0.15) is 26.7 Å². The number of nitrogens with one attached hydrogen (secondary N) is 1. The van der Waals surface area contributed by atoms with Gasteiger partial charge in [-0.05, 0) is 39.8 Å². The van der Waals surface area contributed by atoms with Gasteiger partial charge in [-0.25, -0.2) is 0 Å². The van der Waals surface area contributed by atoms with Crippen LogP contribution in [0, 0.1) is 0 Å². The van der Waals surface area contributed by atoms with Crippen LogP contribution in [-0.2, 0) is 4.79 Å². The Morgan fingerprint density at radius 1 is 1.43 bits per heavy atom. The highest BCUT2D eigenvalue weighted by atomic mass is 32.1. The first-order chi connectivity index (χ1) is 6.59. The molecule has 3 nitrogen and oxygen atoms in total. The van der Waals surface area contributed by atoms with E-state index in [-0.39, 0.29) is 17.2 Å². The highest BCUT2D eigenvalue weighted by Crippen LogP contribution is 2.07. The van der Waals surface area contributed by atoms with Crippen molar-refractivity contribution in [1.82, 2.24) is 10.2 Å². The number of likely N-dealkylation sites (tertiary alicyclic amines) is 1. The zero-order valence-corrected chi connectivity index (χ0v) is 9.89. The van der Waals surface area contributed by atoms with Crippen LogP contribution in [0.2, 0.25) is 0 Å². The maximum Gasteiger partial charge on any atom is 0.232 e. The van der Waals surface area contributed by atoms with Crippen LogP contribution >= 0.6 is 12.6 Å². The SMILES string of the molecule is CC(CN1CCCC1)NC(=O)C(C)S. The standard InChI is InChI=1S/C10H20N2OS/c1-8(11-10(13)9(2)14)7-12-5-3-4-6-12/h8-9,14H,3-7H2,1-2H3,(H,11,13). The fraction of sp³-hybridized carbons (Fsp3) is 0.900. The van der Waals surface area contributed by atoms with Gasteiger partial charge in [-0.2, -0.15) is 12.6 Å². The molecule has 1 aliphatic heterocycles. The van der Waals surface area contributed by atoms with E-state index in [0.29, 0.717) is 0 Å². The summed E-state index contributed by atoms with van der Waals surface area (Å²) >= 11 is 4.09. The van der Waals surface area contributed by atoms with Crippen molar-refractivity contribution in [3.63, 3.8) is 0 Å². The number of hydrogen-bond acceptors (Lipinski definition) is 3. The van der Waals surface area contributed by atoms with Crippen molar-refractivity contribution in [2.45, 2.75) is 38.0 Å². The lowest BCUT2D eigenvalue weighted by molar-refractivity contribution is -0.120. The Labute approximate surface area is 91.6 Å². The normalized spacial score (nSPS) is 21.9. The van der Waals surface area contributed by atoms with Crippen LogP contribution in [0.3, 0.4) is 0 Å². The third-order valence-electron chi connectivity index (χ3n) is 2.50. The molecule has 0 aliphatic carbocycles. The molecule has 1 aliphatic rings. The average Bonchev–Trinajstić information content (AvgIpc) is 2.56. The molecule has 0 saturated carbocycles. The number of carbonyl (C=O) groups is 1. The molecule has 0 radical (unpaired) electrons. The van der Waals surface area contributed by atoms with E-state index in [1.165, 1.54) is 25.9 Å².